The lowest BCUT2D eigenvalue weighted by molar-refractivity contribution is -0.0316. The molecule has 1 fully saturated rings. The number of carbonyl (C=O) groups is 1. The van der Waals surface area contributed by atoms with E-state index in [4.69, 9.17) is 4.55 Å². The van der Waals surface area contributed by atoms with Gasteiger partial charge in [0.1, 0.15) is 12.1 Å². The van der Waals surface area contributed by atoms with Gasteiger partial charge in [-0.3, -0.25) is 9.65 Å². The van der Waals surface area contributed by atoms with Crippen LogP contribution in [0.4, 0.5) is 4.79 Å². The van der Waals surface area contributed by atoms with Crippen molar-refractivity contribution in [1.82, 2.24) is 20.2 Å². The van der Waals surface area contributed by atoms with Crippen LogP contribution in [0.15, 0.2) is 36.5 Å². The summed E-state index contributed by atoms with van der Waals surface area (Å²) in [7, 11) is -4.80. The van der Waals surface area contributed by atoms with Crippen LogP contribution in [0.25, 0.3) is 0 Å². The topological polar surface area (TPSA) is 116 Å². The number of nitrogens with zero attached hydrogens (tertiary/aromatic N) is 3. The van der Waals surface area contributed by atoms with Gasteiger partial charge < -0.3 is 4.90 Å². The summed E-state index contributed by atoms with van der Waals surface area (Å²) in [5, 5.41) is 7.54. The smallest absolute Gasteiger partial charge is 0.308 e. The lowest BCUT2D eigenvalue weighted by Gasteiger charge is -2.30. The first-order chi connectivity index (χ1) is 11.0. The Kier molecular flexibility index (Phi) is 2.95. The predicted octanol–water partition coefficient (Wildman–Crippen LogP) is 1.03. The lowest BCUT2D eigenvalue weighted by Crippen LogP contribution is -2.35. The molecule has 0 radical (unpaired) electrons. The molecule has 0 spiro atoms. The molecule has 1 saturated heterocycles. The van der Waals surface area contributed by atoms with Crippen LogP contribution in [0.1, 0.15) is 28.9 Å². The number of carbonyl (C=O) groups excluding carboxylic acids is 1. The van der Waals surface area contributed by atoms with Crippen molar-refractivity contribution in [2.45, 2.75) is 12.1 Å². The molecule has 2 amide bonds. The Morgan fingerprint density at radius 1 is 1.30 bits per heavy atom. The second-order valence-corrected chi connectivity index (χ2v) is 6.34. The highest BCUT2D eigenvalue weighted by molar-refractivity contribution is 7.80. The third kappa shape index (κ3) is 2.19. The highest BCUT2D eigenvalue weighted by Gasteiger charge is 2.51. The van der Waals surface area contributed by atoms with E-state index < -0.39 is 28.5 Å². The first-order valence-electron chi connectivity index (χ1n) is 6.80. The van der Waals surface area contributed by atoms with Crippen LogP contribution >= 0.6 is 0 Å². The minimum absolute atomic E-state index is 0.237. The predicted molar refractivity (Wildman–Crippen MR) is 76.2 cm³/mol. The maximum absolute atomic E-state index is 12.5. The van der Waals surface area contributed by atoms with Crippen molar-refractivity contribution in [3.05, 3.63) is 53.3 Å². The van der Waals surface area contributed by atoms with Crippen molar-refractivity contribution in [1.29, 1.82) is 0 Å². The van der Waals surface area contributed by atoms with E-state index in [0.29, 0.717) is 16.3 Å². The van der Waals surface area contributed by atoms with E-state index in [1.54, 1.807) is 0 Å². The number of nitrogens with one attached hydrogen (secondary N) is 1. The van der Waals surface area contributed by atoms with E-state index >= 15 is 0 Å². The standard InChI is InChI=1S/C13H12N4O5S/c18-13-16-7-10(17(13)22-23(19,20)21)9-6-14-15-11(9)12(16)8-4-2-1-3-5-8/h1-6,10,12H,7H2,(H,14,15)(H,19,20,21). The Morgan fingerprint density at radius 2 is 2.04 bits per heavy atom. The summed E-state index contributed by atoms with van der Waals surface area (Å²) in [6.45, 7) is 0.237. The fraction of sp³-hybridized carbons (Fsp3) is 0.231. The number of hydrogen-bond donors (Lipinski definition) is 2. The second-order valence-electron chi connectivity index (χ2n) is 5.33. The van der Waals surface area contributed by atoms with Crippen LogP contribution in [-0.4, -0.2) is 45.7 Å². The van der Waals surface area contributed by atoms with E-state index in [9.17, 15) is 13.2 Å². The molecule has 2 aromatic rings. The van der Waals surface area contributed by atoms with Crippen molar-refractivity contribution in [2.75, 3.05) is 6.54 Å². The van der Waals surface area contributed by atoms with Crippen LogP contribution < -0.4 is 0 Å². The Morgan fingerprint density at radius 3 is 2.74 bits per heavy atom. The highest BCUT2D eigenvalue weighted by atomic mass is 32.3. The number of rotatable bonds is 3. The first-order valence-corrected chi connectivity index (χ1v) is 8.17. The number of aromatic amines is 1. The van der Waals surface area contributed by atoms with E-state index in [1.165, 1.54) is 11.1 Å². The molecule has 0 aliphatic carbocycles. The Labute approximate surface area is 131 Å². The summed E-state index contributed by atoms with van der Waals surface area (Å²) >= 11 is 0. The van der Waals surface area contributed by atoms with Gasteiger partial charge in [-0.05, 0) is 5.56 Å². The summed E-state index contributed by atoms with van der Waals surface area (Å²) < 4.78 is 35.4. The molecule has 4 rings (SSSR count). The minimum Gasteiger partial charge on any atom is -0.308 e. The largest absolute Gasteiger partial charge is 0.418 e. The fourth-order valence-electron chi connectivity index (χ4n) is 3.15. The molecule has 2 aliphatic heterocycles. The van der Waals surface area contributed by atoms with Crippen molar-refractivity contribution in [2.24, 2.45) is 0 Å². The number of H-pyrrole nitrogens is 1. The molecule has 2 N–H and O–H groups in total. The summed E-state index contributed by atoms with van der Waals surface area (Å²) in [6, 6.07) is 7.60. The summed E-state index contributed by atoms with van der Waals surface area (Å²) in [6.07, 6.45) is 1.53. The molecule has 10 heteroatoms. The van der Waals surface area contributed by atoms with Gasteiger partial charge in [0.15, 0.2) is 0 Å². The number of hydroxylamine groups is 2. The zero-order valence-corrected chi connectivity index (χ0v) is 12.5. The van der Waals surface area contributed by atoms with E-state index in [0.717, 1.165) is 5.56 Å². The molecule has 3 heterocycles. The van der Waals surface area contributed by atoms with E-state index in [-0.39, 0.29) is 6.54 Å². The first kappa shape index (κ1) is 14.2. The molecule has 2 atom stereocenters. The van der Waals surface area contributed by atoms with Gasteiger partial charge in [0, 0.05) is 5.56 Å². The van der Waals surface area contributed by atoms with Gasteiger partial charge in [0.25, 0.3) is 0 Å². The molecule has 0 saturated carbocycles. The summed E-state index contributed by atoms with van der Waals surface area (Å²) in [5.41, 5.74) is 2.21. The number of aromatic nitrogens is 2. The van der Waals surface area contributed by atoms with Crippen molar-refractivity contribution < 1.29 is 22.0 Å². The normalized spacial score (nSPS) is 23.3. The summed E-state index contributed by atoms with van der Waals surface area (Å²) in [4.78, 5) is 14.0. The quantitative estimate of drug-likeness (QED) is 0.809. The number of urea groups is 1. The van der Waals surface area contributed by atoms with Crippen molar-refractivity contribution in [3.63, 3.8) is 0 Å². The molecule has 2 unspecified atom stereocenters. The number of benzene rings is 1. The third-order valence-corrected chi connectivity index (χ3v) is 4.37. The Hall–Kier alpha value is -2.43. The average molecular weight is 336 g/mol. The summed E-state index contributed by atoms with van der Waals surface area (Å²) in [5.74, 6) is 0. The molecule has 9 nitrogen and oxygen atoms in total. The maximum atomic E-state index is 12.5. The minimum atomic E-state index is -4.80. The van der Waals surface area contributed by atoms with E-state index in [1.807, 2.05) is 30.3 Å². The Balaban J connectivity index is 1.82. The molecular weight excluding hydrogens is 324 g/mol. The van der Waals surface area contributed by atoms with Gasteiger partial charge in [0.2, 0.25) is 0 Å². The Bertz CT molecular complexity index is 865. The molecule has 120 valence electrons. The van der Waals surface area contributed by atoms with Crippen LogP contribution in [0.3, 0.4) is 0 Å². The zero-order chi connectivity index (χ0) is 16.2. The van der Waals surface area contributed by atoms with Gasteiger partial charge in [-0.25, -0.2) is 4.79 Å². The molecule has 2 aliphatic rings. The van der Waals surface area contributed by atoms with Gasteiger partial charge in [-0.1, -0.05) is 30.3 Å². The number of fused-ring (bicyclic) bond motifs is 4. The zero-order valence-electron chi connectivity index (χ0n) is 11.7. The molecular formula is C13H12N4O5S. The molecule has 23 heavy (non-hydrogen) atoms. The van der Waals surface area contributed by atoms with Crippen molar-refractivity contribution >= 4 is 16.4 Å². The van der Waals surface area contributed by atoms with Crippen LogP contribution in [0.2, 0.25) is 0 Å². The van der Waals surface area contributed by atoms with Crippen LogP contribution in [0, 0.1) is 0 Å². The van der Waals surface area contributed by atoms with Crippen LogP contribution in [0.5, 0.6) is 0 Å². The number of amides is 2. The van der Waals surface area contributed by atoms with Gasteiger partial charge in [-0.2, -0.15) is 18.6 Å². The molecule has 1 aromatic carbocycles. The van der Waals surface area contributed by atoms with Gasteiger partial charge >= 0.3 is 16.4 Å². The van der Waals surface area contributed by atoms with Gasteiger partial charge in [0.05, 0.1) is 18.4 Å². The number of hydrogen-bond acceptors (Lipinski definition) is 5. The highest BCUT2D eigenvalue weighted by Crippen LogP contribution is 2.45. The molecule has 2 bridgehead atoms. The van der Waals surface area contributed by atoms with E-state index in [2.05, 4.69) is 14.5 Å². The fourth-order valence-corrected chi connectivity index (χ4v) is 3.52. The molecule has 1 aromatic heterocycles. The third-order valence-electron chi connectivity index (χ3n) is 4.02. The second kappa shape index (κ2) is 4.78. The average Bonchev–Trinajstić information content (AvgIpc) is 3.08. The monoisotopic (exact) mass is 336 g/mol. The lowest BCUT2D eigenvalue weighted by atomic mass is 9.93. The van der Waals surface area contributed by atoms with Gasteiger partial charge in [-0.15, -0.1) is 4.28 Å². The van der Waals surface area contributed by atoms with Crippen LogP contribution in [-0.2, 0) is 14.7 Å². The SMILES string of the molecule is O=C1N2CC(c3cn[nH]c3C2c2ccccc2)N1OS(=O)(=O)O. The van der Waals surface area contributed by atoms with Crippen molar-refractivity contribution in [3.8, 4) is 0 Å². The maximum Gasteiger partial charge on any atom is 0.418 e.